The number of hydrogen-bond acceptors (Lipinski definition) is 4. The van der Waals surface area contributed by atoms with Crippen molar-refractivity contribution in [1.29, 1.82) is 0 Å². The summed E-state index contributed by atoms with van der Waals surface area (Å²) in [5.41, 5.74) is 5.34. The standard InChI is InChI=1S/C21H27N3O2/c1-15-7-9-19(16(2)12-15)22-14-18-8-10-20(21(13-18)24(25)26)23-11-5-4-6-17(23)3/h7-10,12-13,17,22H,4-6,11,14H2,1-3H3/t17-/m0/s1. The summed E-state index contributed by atoms with van der Waals surface area (Å²) < 4.78 is 0. The number of anilines is 2. The molecule has 2 aromatic carbocycles. The molecule has 5 nitrogen and oxygen atoms in total. The van der Waals surface area contributed by atoms with E-state index in [1.165, 1.54) is 17.5 Å². The van der Waals surface area contributed by atoms with E-state index in [1.807, 2.05) is 12.1 Å². The van der Waals surface area contributed by atoms with Gasteiger partial charge in [0, 0.05) is 30.9 Å². The Morgan fingerprint density at radius 3 is 2.69 bits per heavy atom. The topological polar surface area (TPSA) is 58.4 Å². The van der Waals surface area contributed by atoms with Gasteiger partial charge in [0.15, 0.2) is 0 Å². The van der Waals surface area contributed by atoms with Gasteiger partial charge >= 0.3 is 0 Å². The lowest BCUT2D eigenvalue weighted by molar-refractivity contribution is -0.384. The Morgan fingerprint density at radius 2 is 2.00 bits per heavy atom. The molecule has 0 bridgehead atoms. The number of hydrogen-bond donors (Lipinski definition) is 1. The second kappa shape index (κ2) is 7.77. The van der Waals surface area contributed by atoms with Crippen molar-refractivity contribution in [3.8, 4) is 0 Å². The van der Waals surface area contributed by atoms with Crippen LogP contribution in [0.1, 0.15) is 42.9 Å². The summed E-state index contributed by atoms with van der Waals surface area (Å²) in [5.74, 6) is 0. The van der Waals surface area contributed by atoms with E-state index in [1.54, 1.807) is 6.07 Å². The molecule has 0 aromatic heterocycles. The van der Waals surface area contributed by atoms with E-state index in [4.69, 9.17) is 0 Å². The van der Waals surface area contributed by atoms with Gasteiger partial charge in [-0.1, -0.05) is 23.8 Å². The minimum atomic E-state index is -0.253. The fourth-order valence-corrected chi connectivity index (χ4v) is 3.73. The quantitative estimate of drug-likeness (QED) is 0.593. The van der Waals surface area contributed by atoms with Crippen LogP contribution in [0.4, 0.5) is 17.1 Å². The maximum absolute atomic E-state index is 11.6. The lowest BCUT2D eigenvalue weighted by atomic mass is 10.0. The Kier molecular flexibility index (Phi) is 5.45. The molecular formula is C21H27N3O2. The molecule has 0 aliphatic carbocycles. The first-order chi connectivity index (χ1) is 12.5. The van der Waals surface area contributed by atoms with Gasteiger partial charge in [0.25, 0.3) is 5.69 Å². The highest BCUT2D eigenvalue weighted by atomic mass is 16.6. The average Bonchev–Trinajstić information content (AvgIpc) is 2.61. The summed E-state index contributed by atoms with van der Waals surface area (Å²) in [6, 6.07) is 12.2. The number of nitro groups is 1. The predicted octanol–water partition coefficient (Wildman–Crippen LogP) is 5.20. The van der Waals surface area contributed by atoms with Crippen molar-refractivity contribution < 1.29 is 4.92 Å². The van der Waals surface area contributed by atoms with Crippen molar-refractivity contribution in [2.24, 2.45) is 0 Å². The number of benzene rings is 2. The zero-order chi connectivity index (χ0) is 18.7. The Morgan fingerprint density at radius 1 is 1.19 bits per heavy atom. The molecule has 1 aliphatic heterocycles. The minimum Gasteiger partial charge on any atom is -0.381 e. The third-order valence-corrected chi connectivity index (χ3v) is 5.21. The first-order valence-corrected chi connectivity index (χ1v) is 9.31. The molecular weight excluding hydrogens is 326 g/mol. The summed E-state index contributed by atoms with van der Waals surface area (Å²) in [6.45, 7) is 7.75. The average molecular weight is 353 g/mol. The summed E-state index contributed by atoms with van der Waals surface area (Å²) in [5, 5.41) is 15.0. The molecule has 0 amide bonds. The molecule has 1 atom stereocenters. The number of piperidine rings is 1. The highest BCUT2D eigenvalue weighted by Crippen LogP contribution is 2.34. The molecule has 5 heteroatoms. The molecule has 0 unspecified atom stereocenters. The smallest absolute Gasteiger partial charge is 0.292 e. The molecule has 0 radical (unpaired) electrons. The molecule has 1 N–H and O–H groups in total. The van der Waals surface area contributed by atoms with E-state index < -0.39 is 0 Å². The summed E-state index contributed by atoms with van der Waals surface area (Å²) in [6.07, 6.45) is 3.38. The molecule has 1 saturated heterocycles. The van der Waals surface area contributed by atoms with Gasteiger partial charge in [0.2, 0.25) is 0 Å². The molecule has 26 heavy (non-hydrogen) atoms. The predicted molar refractivity (Wildman–Crippen MR) is 107 cm³/mol. The van der Waals surface area contributed by atoms with Gasteiger partial charge in [-0.3, -0.25) is 10.1 Å². The second-order valence-corrected chi connectivity index (χ2v) is 7.29. The van der Waals surface area contributed by atoms with Gasteiger partial charge in [-0.25, -0.2) is 0 Å². The third-order valence-electron chi connectivity index (χ3n) is 5.21. The van der Waals surface area contributed by atoms with Crippen LogP contribution in [0.15, 0.2) is 36.4 Å². The number of nitrogens with one attached hydrogen (secondary N) is 1. The van der Waals surface area contributed by atoms with Crippen molar-refractivity contribution in [1.82, 2.24) is 0 Å². The van der Waals surface area contributed by atoms with Crippen molar-refractivity contribution >= 4 is 17.1 Å². The van der Waals surface area contributed by atoms with Crippen LogP contribution in [0, 0.1) is 24.0 Å². The first-order valence-electron chi connectivity index (χ1n) is 9.31. The summed E-state index contributed by atoms with van der Waals surface area (Å²) in [4.78, 5) is 13.6. The summed E-state index contributed by atoms with van der Waals surface area (Å²) in [7, 11) is 0. The van der Waals surface area contributed by atoms with E-state index in [0.29, 0.717) is 12.6 Å². The van der Waals surface area contributed by atoms with Gasteiger partial charge in [-0.15, -0.1) is 0 Å². The van der Waals surface area contributed by atoms with Crippen LogP contribution in [0.25, 0.3) is 0 Å². The molecule has 0 saturated carbocycles. The maximum atomic E-state index is 11.6. The Balaban J connectivity index is 1.81. The van der Waals surface area contributed by atoms with Gasteiger partial charge < -0.3 is 10.2 Å². The molecule has 1 aliphatic rings. The zero-order valence-corrected chi connectivity index (χ0v) is 15.8. The molecule has 1 heterocycles. The van der Waals surface area contributed by atoms with Crippen LogP contribution >= 0.6 is 0 Å². The van der Waals surface area contributed by atoms with Crippen molar-refractivity contribution in [2.75, 3.05) is 16.8 Å². The lowest BCUT2D eigenvalue weighted by Crippen LogP contribution is -2.37. The first kappa shape index (κ1) is 18.2. The minimum absolute atomic E-state index is 0.207. The Bertz CT molecular complexity index is 804. The Labute approximate surface area is 155 Å². The maximum Gasteiger partial charge on any atom is 0.292 e. The fourth-order valence-electron chi connectivity index (χ4n) is 3.73. The van der Waals surface area contributed by atoms with Crippen LogP contribution < -0.4 is 10.2 Å². The zero-order valence-electron chi connectivity index (χ0n) is 15.8. The van der Waals surface area contributed by atoms with Crippen molar-refractivity contribution in [3.63, 3.8) is 0 Å². The monoisotopic (exact) mass is 353 g/mol. The van der Waals surface area contributed by atoms with Crippen molar-refractivity contribution in [2.45, 2.75) is 52.6 Å². The molecule has 1 fully saturated rings. The van der Waals surface area contributed by atoms with Gasteiger partial charge in [0.05, 0.1) is 4.92 Å². The van der Waals surface area contributed by atoms with Gasteiger partial charge in [0.1, 0.15) is 5.69 Å². The summed E-state index contributed by atoms with van der Waals surface area (Å²) >= 11 is 0. The largest absolute Gasteiger partial charge is 0.381 e. The van der Waals surface area contributed by atoms with Crippen LogP contribution in [-0.4, -0.2) is 17.5 Å². The number of aryl methyl sites for hydroxylation is 2. The van der Waals surface area contributed by atoms with E-state index in [-0.39, 0.29) is 10.6 Å². The molecule has 138 valence electrons. The second-order valence-electron chi connectivity index (χ2n) is 7.29. The third kappa shape index (κ3) is 3.98. The Hall–Kier alpha value is -2.56. The van der Waals surface area contributed by atoms with E-state index in [0.717, 1.165) is 36.3 Å². The normalized spacial score (nSPS) is 17.2. The van der Waals surface area contributed by atoms with Crippen LogP contribution in [0.5, 0.6) is 0 Å². The van der Waals surface area contributed by atoms with Crippen molar-refractivity contribution in [3.05, 3.63) is 63.2 Å². The molecule has 0 spiro atoms. The van der Waals surface area contributed by atoms with Crippen LogP contribution in [0.2, 0.25) is 0 Å². The highest BCUT2D eigenvalue weighted by molar-refractivity contribution is 5.65. The number of nitrogens with zero attached hydrogens (tertiary/aromatic N) is 2. The van der Waals surface area contributed by atoms with E-state index in [2.05, 4.69) is 49.2 Å². The van der Waals surface area contributed by atoms with E-state index in [9.17, 15) is 10.1 Å². The van der Waals surface area contributed by atoms with Gasteiger partial charge in [-0.05, 0) is 63.3 Å². The van der Waals surface area contributed by atoms with E-state index >= 15 is 0 Å². The number of nitro benzene ring substituents is 1. The fraction of sp³-hybridized carbons (Fsp3) is 0.429. The molecule has 3 rings (SSSR count). The van der Waals surface area contributed by atoms with Crippen LogP contribution in [-0.2, 0) is 6.54 Å². The highest BCUT2D eigenvalue weighted by Gasteiger charge is 2.25. The SMILES string of the molecule is Cc1ccc(NCc2ccc(N3CCCC[C@@H]3C)c([N+](=O)[O-])c2)c(C)c1. The lowest BCUT2D eigenvalue weighted by Gasteiger charge is -2.35. The molecule has 2 aromatic rings. The van der Waals surface area contributed by atoms with Gasteiger partial charge in [-0.2, -0.15) is 0 Å². The number of rotatable bonds is 5. The van der Waals surface area contributed by atoms with Crippen LogP contribution in [0.3, 0.4) is 0 Å².